The Labute approximate surface area is 146 Å². The summed E-state index contributed by atoms with van der Waals surface area (Å²) in [5, 5.41) is 0. The highest BCUT2D eigenvalue weighted by molar-refractivity contribution is 5.78. The smallest absolute Gasteiger partial charge is 0.314 e. The number of pyridine rings is 1. The van der Waals surface area contributed by atoms with E-state index < -0.39 is 0 Å². The zero-order valence-corrected chi connectivity index (χ0v) is 14.6. The Kier molecular flexibility index (Phi) is 4.74. The number of ether oxygens (including phenoxy) is 2. The van der Waals surface area contributed by atoms with Crippen molar-refractivity contribution in [2.75, 3.05) is 7.11 Å². The number of rotatable bonds is 5. The standard InChI is InChI=1S/C20H21NO4/c1-13-10-17(22)11-14(2)21(13)9-8-15-4-7-18(24-3)19(12-15)25-20(23)16-5-6-16/h4,7-12,16H,5-6H2,1-3H3/b9-8+. The lowest BCUT2D eigenvalue weighted by Gasteiger charge is -2.11. The normalized spacial score (nSPS) is 13.9. The lowest BCUT2D eigenvalue weighted by atomic mass is 10.2. The first-order valence-electron chi connectivity index (χ1n) is 8.25. The summed E-state index contributed by atoms with van der Waals surface area (Å²) in [5.74, 6) is 0.777. The SMILES string of the molecule is COc1ccc(/C=C/n2c(C)cc(=O)cc2C)cc1OC(=O)C1CC1. The summed E-state index contributed by atoms with van der Waals surface area (Å²) in [5.41, 5.74) is 2.58. The highest BCUT2D eigenvalue weighted by Crippen LogP contribution is 2.34. The van der Waals surface area contributed by atoms with Crippen molar-refractivity contribution in [3.63, 3.8) is 0 Å². The summed E-state index contributed by atoms with van der Waals surface area (Å²) in [6.07, 6.45) is 5.58. The first-order valence-corrected chi connectivity index (χ1v) is 8.25. The highest BCUT2D eigenvalue weighted by atomic mass is 16.6. The van der Waals surface area contributed by atoms with E-state index in [0.29, 0.717) is 11.5 Å². The molecular weight excluding hydrogens is 318 g/mol. The van der Waals surface area contributed by atoms with E-state index in [9.17, 15) is 9.59 Å². The number of hydrogen-bond donors (Lipinski definition) is 0. The van der Waals surface area contributed by atoms with Crippen molar-refractivity contribution in [2.24, 2.45) is 5.92 Å². The van der Waals surface area contributed by atoms with Gasteiger partial charge in [0.25, 0.3) is 0 Å². The molecule has 25 heavy (non-hydrogen) atoms. The lowest BCUT2D eigenvalue weighted by molar-refractivity contribution is -0.135. The van der Waals surface area contributed by atoms with E-state index in [1.165, 1.54) is 0 Å². The quantitative estimate of drug-likeness (QED) is 0.619. The fraction of sp³-hybridized carbons (Fsp3) is 0.300. The van der Waals surface area contributed by atoms with E-state index in [-0.39, 0.29) is 17.3 Å². The molecule has 0 radical (unpaired) electrons. The third-order valence-electron chi connectivity index (χ3n) is 4.19. The second kappa shape index (κ2) is 6.97. The van der Waals surface area contributed by atoms with E-state index in [2.05, 4.69) is 0 Å². The topological polar surface area (TPSA) is 57.5 Å². The molecule has 0 unspecified atom stereocenters. The Morgan fingerprint density at radius 3 is 2.40 bits per heavy atom. The van der Waals surface area contributed by atoms with Crippen molar-refractivity contribution in [1.82, 2.24) is 4.57 Å². The van der Waals surface area contributed by atoms with Gasteiger partial charge in [-0.25, -0.2) is 0 Å². The molecule has 0 saturated heterocycles. The lowest BCUT2D eigenvalue weighted by Crippen LogP contribution is -2.10. The fourth-order valence-electron chi connectivity index (χ4n) is 2.65. The van der Waals surface area contributed by atoms with Crippen LogP contribution in [0, 0.1) is 19.8 Å². The average Bonchev–Trinajstić information content (AvgIpc) is 3.39. The summed E-state index contributed by atoms with van der Waals surface area (Å²) in [6, 6.07) is 8.63. The van der Waals surface area contributed by atoms with Gasteiger partial charge in [-0.1, -0.05) is 6.07 Å². The Bertz CT molecular complexity index is 865. The molecule has 2 aromatic rings. The molecular formula is C20H21NO4. The molecule has 1 aromatic heterocycles. The van der Waals surface area contributed by atoms with Crippen molar-refractivity contribution in [1.29, 1.82) is 0 Å². The summed E-state index contributed by atoms with van der Waals surface area (Å²) in [4.78, 5) is 23.4. The molecule has 5 heteroatoms. The maximum Gasteiger partial charge on any atom is 0.314 e. The van der Waals surface area contributed by atoms with Gasteiger partial charge in [-0.05, 0) is 50.5 Å². The maximum absolute atomic E-state index is 11.9. The minimum atomic E-state index is -0.202. The van der Waals surface area contributed by atoms with Crippen LogP contribution in [0.25, 0.3) is 12.3 Å². The van der Waals surface area contributed by atoms with Gasteiger partial charge in [-0.2, -0.15) is 0 Å². The van der Waals surface area contributed by atoms with Gasteiger partial charge in [0.1, 0.15) is 0 Å². The number of methoxy groups -OCH3 is 1. The number of carbonyl (C=O) groups is 1. The van der Waals surface area contributed by atoms with E-state index >= 15 is 0 Å². The Morgan fingerprint density at radius 2 is 1.80 bits per heavy atom. The monoisotopic (exact) mass is 339 g/mol. The van der Waals surface area contributed by atoms with Crippen LogP contribution in [0.4, 0.5) is 0 Å². The largest absolute Gasteiger partial charge is 0.493 e. The Morgan fingerprint density at radius 1 is 1.12 bits per heavy atom. The van der Waals surface area contributed by atoms with Gasteiger partial charge in [0, 0.05) is 29.7 Å². The van der Waals surface area contributed by atoms with E-state index in [1.54, 1.807) is 31.4 Å². The van der Waals surface area contributed by atoms with Crippen LogP contribution in [0.1, 0.15) is 29.8 Å². The molecule has 0 N–H and O–H groups in total. The molecule has 1 aromatic carbocycles. The van der Waals surface area contributed by atoms with Crippen LogP contribution in [-0.4, -0.2) is 17.6 Å². The summed E-state index contributed by atoms with van der Waals surface area (Å²) in [7, 11) is 1.55. The second-order valence-electron chi connectivity index (χ2n) is 6.27. The average molecular weight is 339 g/mol. The van der Waals surface area contributed by atoms with Gasteiger partial charge in [-0.15, -0.1) is 0 Å². The van der Waals surface area contributed by atoms with Gasteiger partial charge < -0.3 is 14.0 Å². The summed E-state index contributed by atoms with van der Waals surface area (Å²) in [6.45, 7) is 3.77. The van der Waals surface area contributed by atoms with Crippen molar-refractivity contribution in [3.05, 3.63) is 57.5 Å². The zero-order chi connectivity index (χ0) is 18.0. The number of nitrogens with zero attached hydrogens (tertiary/aromatic N) is 1. The second-order valence-corrected chi connectivity index (χ2v) is 6.27. The number of aromatic nitrogens is 1. The van der Waals surface area contributed by atoms with Crippen molar-refractivity contribution in [3.8, 4) is 11.5 Å². The van der Waals surface area contributed by atoms with Crippen molar-refractivity contribution >= 4 is 18.2 Å². The van der Waals surface area contributed by atoms with Crippen LogP contribution in [0.3, 0.4) is 0 Å². The number of carbonyl (C=O) groups excluding carboxylic acids is 1. The molecule has 0 aliphatic heterocycles. The first-order chi connectivity index (χ1) is 12.0. The third-order valence-corrected chi connectivity index (χ3v) is 4.19. The molecule has 5 nitrogen and oxygen atoms in total. The van der Waals surface area contributed by atoms with Gasteiger partial charge in [0.2, 0.25) is 0 Å². The molecule has 0 bridgehead atoms. The molecule has 1 saturated carbocycles. The van der Waals surface area contributed by atoms with Crippen molar-refractivity contribution < 1.29 is 14.3 Å². The molecule has 0 spiro atoms. The molecule has 1 fully saturated rings. The maximum atomic E-state index is 11.9. The zero-order valence-electron chi connectivity index (χ0n) is 14.6. The highest BCUT2D eigenvalue weighted by Gasteiger charge is 2.32. The van der Waals surface area contributed by atoms with Crippen LogP contribution in [0.2, 0.25) is 0 Å². The molecule has 0 atom stereocenters. The van der Waals surface area contributed by atoms with Crippen LogP contribution in [-0.2, 0) is 4.79 Å². The van der Waals surface area contributed by atoms with Gasteiger partial charge >= 0.3 is 5.97 Å². The van der Waals surface area contributed by atoms with Crippen LogP contribution < -0.4 is 14.9 Å². The number of benzene rings is 1. The predicted molar refractivity (Wildman–Crippen MR) is 96.8 cm³/mol. The van der Waals surface area contributed by atoms with Gasteiger partial charge in [0.05, 0.1) is 13.0 Å². The van der Waals surface area contributed by atoms with Crippen LogP contribution >= 0.6 is 0 Å². The first kappa shape index (κ1) is 17.0. The minimum absolute atomic E-state index is 0.00151. The number of esters is 1. The molecule has 130 valence electrons. The third kappa shape index (κ3) is 3.99. The fourth-order valence-corrected chi connectivity index (χ4v) is 2.65. The number of aryl methyl sites for hydroxylation is 2. The number of hydrogen-bond acceptors (Lipinski definition) is 4. The van der Waals surface area contributed by atoms with Gasteiger partial charge in [-0.3, -0.25) is 9.59 Å². The van der Waals surface area contributed by atoms with E-state index in [4.69, 9.17) is 9.47 Å². The molecule has 1 aliphatic rings. The van der Waals surface area contributed by atoms with Crippen molar-refractivity contribution in [2.45, 2.75) is 26.7 Å². The Balaban J connectivity index is 1.87. The molecule has 3 rings (SSSR count). The predicted octanol–water partition coefficient (Wildman–Crippen LogP) is 3.42. The molecule has 1 aliphatic carbocycles. The molecule has 1 heterocycles. The van der Waals surface area contributed by atoms with E-state index in [1.807, 2.05) is 36.8 Å². The molecule has 0 amide bonds. The minimum Gasteiger partial charge on any atom is -0.493 e. The van der Waals surface area contributed by atoms with Crippen LogP contribution in [0.5, 0.6) is 11.5 Å². The summed E-state index contributed by atoms with van der Waals surface area (Å²) >= 11 is 0. The van der Waals surface area contributed by atoms with Crippen LogP contribution in [0.15, 0.2) is 35.1 Å². The van der Waals surface area contributed by atoms with Gasteiger partial charge in [0.15, 0.2) is 16.9 Å². The Hall–Kier alpha value is -2.82. The summed E-state index contributed by atoms with van der Waals surface area (Å²) < 4.78 is 12.7. The van der Waals surface area contributed by atoms with E-state index in [0.717, 1.165) is 29.8 Å².